The molecule has 0 radical (unpaired) electrons. The van der Waals surface area contributed by atoms with Crippen molar-refractivity contribution < 1.29 is 0 Å². The Morgan fingerprint density at radius 3 is 2.67 bits per heavy atom. The van der Waals surface area contributed by atoms with E-state index >= 15 is 0 Å². The zero-order valence-corrected chi connectivity index (χ0v) is 8.12. The van der Waals surface area contributed by atoms with Crippen LogP contribution in [0.15, 0.2) is 4.99 Å². The van der Waals surface area contributed by atoms with Crippen LogP contribution in [0, 0.1) is 0 Å². The van der Waals surface area contributed by atoms with Crippen molar-refractivity contribution in [1.29, 1.82) is 0 Å². The standard InChI is InChI=1S/C8H18N4/c1-10-8(9)7-6-11(2)4-5-12(7)3/h7H,4-6H2,1-3H3,(H2,9,10). The lowest BCUT2D eigenvalue weighted by atomic mass is 10.2. The summed E-state index contributed by atoms with van der Waals surface area (Å²) >= 11 is 0. The van der Waals surface area contributed by atoms with Gasteiger partial charge in [-0.2, -0.15) is 0 Å². The smallest absolute Gasteiger partial charge is 0.112 e. The van der Waals surface area contributed by atoms with Crippen molar-refractivity contribution >= 4 is 5.84 Å². The molecule has 0 bridgehead atoms. The fraction of sp³-hybridized carbons (Fsp3) is 0.875. The van der Waals surface area contributed by atoms with Gasteiger partial charge in [-0.25, -0.2) is 0 Å². The van der Waals surface area contributed by atoms with Crippen molar-refractivity contribution in [2.24, 2.45) is 10.7 Å². The molecule has 0 saturated carbocycles. The second-order valence-corrected chi connectivity index (χ2v) is 3.41. The van der Waals surface area contributed by atoms with E-state index in [9.17, 15) is 0 Å². The second kappa shape index (κ2) is 3.87. The first kappa shape index (κ1) is 9.48. The topological polar surface area (TPSA) is 44.9 Å². The van der Waals surface area contributed by atoms with E-state index in [4.69, 9.17) is 5.73 Å². The molecule has 0 aliphatic carbocycles. The lowest BCUT2D eigenvalue weighted by Crippen LogP contribution is -2.55. The van der Waals surface area contributed by atoms with Gasteiger partial charge in [-0.1, -0.05) is 0 Å². The van der Waals surface area contributed by atoms with E-state index in [0.29, 0.717) is 6.04 Å². The molecule has 1 rings (SSSR count). The molecule has 0 amide bonds. The maximum atomic E-state index is 5.78. The van der Waals surface area contributed by atoms with Gasteiger partial charge in [0.1, 0.15) is 5.84 Å². The van der Waals surface area contributed by atoms with Gasteiger partial charge in [-0.15, -0.1) is 0 Å². The van der Waals surface area contributed by atoms with E-state index in [1.165, 1.54) is 0 Å². The molecular formula is C8H18N4. The molecule has 0 spiro atoms. The fourth-order valence-corrected chi connectivity index (χ4v) is 1.48. The maximum absolute atomic E-state index is 5.78. The van der Waals surface area contributed by atoms with Crippen LogP contribution in [0.4, 0.5) is 0 Å². The van der Waals surface area contributed by atoms with Gasteiger partial charge in [0.05, 0.1) is 6.04 Å². The molecule has 0 aromatic carbocycles. The molecule has 0 aromatic heterocycles. The van der Waals surface area contributed by atoms with E-state index in [0.717, 1.165) is 25.5 Å². The highest BCUT2D eigenvalue weighted by Gasteiger charge is 2.24. The number of nitrogens with zero attached hydrogens (tertiary/aromatic N) is 3. The summed E-state index contributed by atoms with van der Waals surface area (Å²) in [5, 5.41) is 0. The van der Waals surface area contributed by atoms with Crippen LogP contribution in [0.5, 0.6) is 0 Å². The Morgan fingerprint density at radius 2 is 2.08 bits per heavy atom. The minimum Gasteiger partial charge on any atom is -0.386 e. The first-order valence-electron chi connectivity index (χ1n) is 4.26. The number of hydrogen-bond acceptors (Lipinski definition) is 3. The largest absolute Gasteiger partial charge is 0.386 e. The summed E-state index contributed by atoms with van der Waals surface area (Å²) in [5.41, 5.74) is 5.78. The zero-order valence-electron chi connectivity index (χ0n) is 8.12. The van der Waals surface area contributed by atoms with Crippen molar-refractivity contribution in [1.82, 2.24) is 9.80 Å². The number of piperazine rings is 1. The van der Waals surface area contributed by atoms with Crippen LogP contribution in [-0.4, -0.2) is 62.5 Å². The van der Waals surface area contributed by atoms with Crippen molar-refractivity contribution in [2.75, 3.05) is 40.8 Å². The van der Waals surface area contributed by atoms with Gasteiger partial charge in [0.25, 0.3) is 0 Å². The lowest BCUT2D eigenvalue weighted by Gasteiger charge is -2.37. The normalized spacial score (nSPS) is 29.2. The van der Waals surface area contributed by atoms with Gasteiger partial charge in [-0.3, -0.25) is 9.89 Å². The van der Waals surface area contributed by atoms with Crippen molar-refractivity contribution in [3.05, 3.63) is 0 Å². The number of likely N-dealkylation sites (N-methyl/N-ethyl adjacent to an activating group) is 2. The number of aliphatic imine (C=N–C) groups is 1. The molecule has 4 nitrogen and oxygen atoms in total. The van der Waals surface area contributed by atoms with Crippen LogP contribution >= 0.6 is 0 Å². The quantitative estimate of drug-likeness (QED) is 0.415. The summed E-state index contributed by atoms with van der Waals surface area (Å²) in [7, 11) is 5.95. The molecule has 70 valence electrons. The minimum absolute atomic E-state index is 0.300. The Morgan fingerprint density at radius 1 is 1.42 bits per heavy atom. The summed E-state index contributed by atoms with van der Waals surface area (Å²) in [4.78, 5) is 8.56. The molecule has 0 aromatic rings. The summed E-state index contributed by atoms with van der Waals surface area (Å²) < 4.78 is 0. The van der Waals surface area contributed by atoms with Gasteiger partial charge in [0.2, 0.25) is 0 Å². The molecule has 1 aliphatic rings. The molecule has 1 atom stereocenters. The van der Waals surface area contributed by atoms with E-state index < -0.39 is 0 Å². The van der Waals surface area contributed by atoms with Crippen LogP contribution in [0.1, 0.15) is 0 Å². The van der Waals surface area contributed by atoms with Crippen LogP contribution in [0.25, 0.3) is 0 Å². The predicted octanol–water partition coefficient (Wildman–Crippen LogP) is -0.781. The maximum Gasteiger partial charge on any atom is 0.112 e. The number of nitrogens with two attached hydrogens (primary N) is 1. The highest BCUT2D eigenvalue weighted by molar-refractivity contribution is 5.86. The van der Waals surface area contributed by atoms with E-state index in [1.807, 2.05) is 0 Å². The summed E-state index contributed by atoms with van der Waals surface area (Å²) in [5.74, 6) is 0.740. The molecule has 2 N–H and O–H groups in total. The third-order valence-electron chi connectivity index (χ3n) is 2.45. The molecule has 1 heterocycles. The molecule has 12 heavy (non-hydrogen) atoms. The first-order valence-corrected chi connectivity index (χ1v) is 4.26. The van der Waals surface area contributed by atoms with Crippen molar-refractivity contribution in [3.63, 3.8) is 0 Å². The van der Waals surface area contributed by atoms with Gasteiger partial charge >= 0.3 is 0 Å². The number of rotatable bonds is 1. The summed E-state index contributed by atoms with van der Waals surface area (Å²) in [6.45, 7) is 3.17. The molecule has 1 fully saturated rings. The van der Waals surface area contributed by atoms with Gasteiger partial charge < -0.3 is 10.6 Å². The third kappa shape index (κ3) is 1.95. The monoisotopic (exact) mass is 170 g/mol. The van der Waals surface area contributed by atoms with Crippen molar-refractivity contribution in [2.45, 2.75) is 6.04 Å². The molecular weight excluding hydrogens is 152 g/mol. The minimum atomic E-state index is 0.300. The van der Waals surface area contributed by atoms with Crippen LogP contribution in [0.3, 0.4) is 0 Å². The van der Waals surface area contributed by atoms with Crippen molar-refractivity contribution in [3.8, 4) is 0 Å². The highest BCUT2D eigenvalue weighted by atomic mass is 15.3. The number of amidine groups is 1. The van der Waals surface area contributed by atoms with E-state index in [-0.39, 0.29) is 0 Å². The Bertz CT molecular complexity index is 178. The molecule has 1 saturated heterocycles. The van der Waals surface area contributed by atoms with E-state index in [2.05, 4.69) is 28.9 Å². The molecule has 4 heteroatoms. The average molecular weight is 170 g/mol. The Kier molecular flexibility index (Phi) is 3.05. The SMILES string of the molecule is CN=C(N)C1CN(C)CCN1C. The number of hydrogen-bond donors (Lipinski definition) is 1. The molecule has 1 aliphatic heterocycles. The predicted molar refractivity (Wildman–Crippen MR) is 51.5 cm³/mol. The average Bonchev–Trinajstić information content (AvgIpc) is 2.08. The van der Waals surface area contributed by atoms with Crippen LogP contribution < -0.4 is 5.73 Å². The Hall–Kier alpha value is -0.610. The van der Waals surface area contributed by atoms with Crippen LogP contribution in [0.2, 0.25) is 0 Å². The van der Waals surface area contributed by atoms with Gasteiger partial charge in [0, 0.05) is 26.7 Å². The highest BCUT2D eigenvalue weighted by Crippen LogP contribution is 2.05. The fourth-order valence-electron chi connectivity index (χ4n) is 1.48. The van der Waals surface area contributed by atoms with Crippen LogP contribution in [-0.2, 0) is 0 Å². The van der Waals surface area contributed by atoms with Gasteiger partial charge in [-0.05, 0) is 14.1 Å². The Labute approximate surface area is 74.0 Å². The molecule has 1 unspecified atom stereocenters. The second-order valence-electron chi connectivity index (χ2n) is 3.41. The summed E-state index contributed by atoms with van der Waals surface area (Å²) in [6, 6.07) is 0.300. The zero-order chi connectivity index (χ0) is 9.14. The third-order valence-corrected chi connectivity index (χ3v) is 2.45. The first-order chi connectivity index (χ1) is 5.65. The summed E-state index contributed by atoms with van der Waals surface area (Å²) in [6.07, 6.45) is 0. The van der Waals surface area contributed by atoms with E-state index in [1.54, 1.807) is 7.05 Å². The Balaban J connectivity index is 2.60. The lowest BCUT2D eigenvalue weighted by molar-refractivity contribution is 0.150. The van der Waals surface area contributed by atoms with Gasteiger partial charge in [0.15, 0.2) is 0 Å².